The standard InChI is InChI=1S/C24H23N5OS/c25-13-18-22(27)29-23(19(14-26)24(18)11-4-1-5-12-24)31-15-21(30)28-20-10-6-8-16-7-2-3-9-17(16)20/h2-3,6-10,29H,1,4-5,11-12,15,27H2,(H,28,30). The van der Waals surface area contributed by atoms with Crippen molar-refractivity contribution in [1.29, 1.82) is 10.5 Å². The van der Waals surface area contributed by atoms with Crippen LogP contribution in [-0.2, 0) is 4.79 Å². The second-order valence-corrected chi connectivity index (χ2v) is 8.83. The number of thioether (sulfide) groups is 1. The molecule has 2 aromatic carbocycles. The van der Waals surface area contributed by atoms with Crippen molar-refractivity contribution in [3.05, 3.63) is 64.5 Å². The predicted molar refractivity (Wildman–Crippen MR) is 123 cm³/mol. The van der Waals surface area contributed by atoms with Crippen LogP contribution in [-0.4, -0.2) is 11.7 Å². The molecule has 2 aliphatic rings. The van der Waals surface area contributed by atoms with Crippen LogP contribution < -0.4 is 16.4 Å². The van der Waals surface area contributed by atoms with E-state index in [9.17, 15) is 15.3 Å². The summed E-state index contributed by atoms with van der Waals surface area (Å²) in [6.07, 6.45) is 4.44. The lowest BCUT2D eigenvalue weighted by Crippen LogP contribution is -2.39. The number of benzene rings is 2. The third kappa shape index (κ3) is 3.85. The molecule has 156 valence electrons. The van der Waals surface area contributed by atoms with Gasteiger partial charge in [0.25, 0.3) is 0 Å². The second-order valence-electron chi connectivity index (χ2n) is 7.85. The zero-order chi connectivity index (χ0) is 21.8. The first-order chi connectivity index (χ1) is 15.1. The number of amides is 1. The number of nitrogens with zero attached hydrogens (tertiary/aromatic N) is 2. The zero-order valence-electron chi connectivity index (χ0n) is 17.1. The predicted octanol–water partition coefficient (Wildman–Crippen LogP) is 4.49. The number of carbonyl (C=O) groups is 1. The van der Waals surface area contributed by atoms with Crippen molar-refractivity contribution < 1.29 is 4.79 Å². The molecule has 1 amide bonds. The number of nitrogens with two attached hydrogens (primary N) is 1. The highest BCUT2D eigenvalue weighted by atomic mass is 32.2. The molecule has 0 saturated heterocycles. The molecule has 1 spiro atoms. The van der Waals surface area contributed by atoms with Crippen LogP contribution in [0.3, 0.4) is 0 Å². The molecule has 0 bridgehead atoms. The average Bonchev–Trinajstić information content (AvgIpc) is 2.79. The molecule has 0 radical (unpaired) electrons. The van der Waals surface area contributed by atoms with Gasteiger partial charge in [-0.05, 0) is 24.3 Å². The van der Waals surface area contributed by atoms with Crippen molar-refractivity contribution in [3.63, 3.8) is 0 Å². The Kier molecular flexibility index (Phi) is 5.88. The van der Waals surface area contributed by atoms with Gasteiger partial charge < -0.3 is 16.4 Å². The molecule has 1 heterocycles. The smallest absolute Gasteiger partial charge is 0.234 e. The molecule has 1 aliphatic carbocycles. The van der Waals surface area contributed by atoms with Crippen molar-refractivity contribution in [2.45, 2.75) is 32.1 Å². The lowest BCUT2D eigenvalue weighted by atomic mass is 9.64. The largest absolute Gasteiger partial charge is 0.384 e. The van der Waals surface area contributed by atoms with Gasteiger partial charge in [-0.1, -0.05) is 67.4 Å². The molecule has 7 heteroatoms. The van der Waals surface area contributed by atoms with E-state index in [1.807, 2.05) is 42.5 Å². The van der Waals surface area contributed by atoms with Gasteiger partial charge in [0, 0.05) is 16.5 Å². The van der Waals surface area contributed by atoms with Gasteiger partial charge >= 0.3 is 0 Å². The Morgan fingerprint density at radius 1 is 1.06 bits per heavy atom. The molecule has 1 aliphatic heterocycles. The number of nitrogens with one attached hydrogen (secondary N) is 2. The minimum atomic E-state index is -0.633. The number of dihydropyridines is 1. The SMILES string of the molecule is N#CC1=C(N)NC(SCC(=O)Nc2cccc3ccccc23)=C(C#N)C12CCCCC2. The number of rotatable bonds is 4. The van der Waals surface area contributed by atoms with Gasteiger partial charge in [-0.25, -0.2) is 0 Å². The number of nitriles is 2. The summed E-state index contributed by atoms with van der Waals surface area (Å²) in [5.74, 6) is 0.252. The van der Waals surface area contributed by atoms with Crippen LogP contribution in [0.2, 0.25) is 0 Å². The Bertz CT molecular complexity index is 1170. The highest BCUT2D eigenvalue weighted by Crippen LogP contribution is 2.51. The van der Waals surface area contributed by atoms with E-state index < -0.39 is 5.41 Å². The molecule has 1 saturated carbocycles. The molecule has 0 unspecified atom stereocenters. The van der Waals surface area contributed by atoms with Crippen LogP contribution in [0.4, 0.5) is 5.69 Å². The van der Waals surface area contributed by atoms with Gasteiger partial charge in [0.2, 0.25) is 5.91 Å². The molecule has 0 atom stereocenters. The summed E-state index contributed by atoms with van der Waals surface area (Å²) in [4.78, 5) is 12.7. The number of carbonyl (C=O) groups excluding carboxylic acids is 1. The van der Waals surface area contributed by atoms with Crippen molar-refractivity contribution in [2.75, 3.05) is 11.1 Å². The molecule has 31 heavy (non-hydrogen) atoms. The zero-order valence-corrected chi connectivity index (χ0v) is 17.9. The van der Waals surface area contributed by atoms with E-state index in [1.165, 1.54) is 11.8 Å². The number of hydrogen-bond acceptors (Lipinski definition) is 6. The quantitative estimate of drug-likeness (QED) is 0.659. The summed E-state index contributed by atoms with van der Waals surface area (Å²) in [5.41, 5.74) is 7.28. The Morgan fingerprint density at radius 3 is 2.52 bits per heavy atom. The Hall–Kier alpha value is -3.42. The van der Waals surface area contributed by atoms with Crippen molar-refractivity contribution in [3.8, 4) is 12.1 Å². The molecular formula is C24H23N5OS. The molecule has 2 aromatic rings. The number of anilines is 1. The van der Waals surface area contributed by atoms with E-state index in [2.05, 4.69) is 22.8 Å². The fourth-order valence-corrected chi connectivity index (χ4v) is 5.51. The van der Waals surface area contributed by atoms with Crippen molar-refractivity contribution in [2.24, 2.45) is 11.1 Å². The molecule has 6 nitrogen and oxygen atoms in total. The Morgan fingerprint density at radius 2 is 1.77 bits per heavy atom. The van der Waals surface area contributed by atoms with Crippen molar-refractivity contribution >= 4 is 34.1 Å². The van der Waals surface area contributed by atoms with Crippen LogP contribution >= 0.6 is 11.8 Å². The third-order valence-corrected chi connectivity index (χ3v) is 7.05. The summed E-state index contributed by atoms with van der Waals surface area (Å²) in [6, 6.07) is 18.2. The maximum absolute atomic E-state index is 12.7. The fraction of sp³-hybridized carbons (Fsp3) is 0.292. The van der Waals surface area contributed by atoms with Gasteiger partial charge in [-0.2, -0.15) is 10.5 Å². The second kappa shape index (κ2) is 8.75. The molecule has 4 rings (SSSR count). The van der Waals surface area contributed by atoms with Gasteiger partial charge in [-0.15, -0.1) is 0 Å². The normalized spacial score (nSPS) is 17.7. The third-order valence-electron chi connectivity index (χ3n) is 6.04. The molecular weight excluding hydrogens is 406 g/mol. The first-order valence-electron chi connectivity index (χ1n) is 10.3. The highest BCUT2D eigenvalue weighted by molar-refractivity contribution is 8.03. The maximum atomic E-state index is 12.7. The van der Waals surface area contributed by atoms with Crippen LogP contribution in [0.5, 0.6) is 0 Å². The minimum absolute atomic E-state index is 0.127. The van der Waals surface area contributed by atoms with E-state index in [0.29, 0.717) is 22.0 Å². The number of allylic oxidation sites excluding steroid dienone is 2. The van der Waals surface area contributed by atoms with E-state index >= 15 is 0 Å². The van der Waals surface area contributed by atoms with Crippen LogP contribution in [0.1, 0.15) is 32.1 Å². The van der Waals surface area contributed by atoms with E-state index in [1.54, 1.807) is 0 Å². The molecule has 4 N–H and O–H groups in total. The lowest BCUT2D eigenvalue weighted by molar-refractivity contribution is -0.113. The van der Waals surface area contributed by atoms with Crippen molar-refractivity contribution in [1.82, 2.24) is 5.32 Å². The fourth-order valence-electron chi connectivity index (χ4n) is 4.59. The van der Waals surface area contributed by atoms with Crippen LogP contribution in [0.15, 0.2) is 64.5 Å². The van der Waals surface area contributed by atoms with Crippen LogP contribution in [0, 0.1) is 28.1 Å². The van der Waals surface area contributed by atoms with Crippen LogP contribution in [0.25, 0.3) is 10.8 Å². The average molecular weight is 430 g/mol. The number of fused-ring (bicyclic) bond motifs is 1. The Labute approximate surface area is 185 Å². The molecule has 1 fully saturated rings. The summed E-state index contributed by atoms with van der Waals surface area (Å²) >= 11 is 1.26. The lowest BCUT2D eigenvalue weighted by Gasteiger charge is -2.40. The summed E-state index contributed by atoms with van der Waals surface area (Å²) in [6.45, 7) is 0. The maximum Gasteiger partial charge on any atom is 0.234 e. The van der Waals surface area contributed by atoms with E-state index in [-0.39, 0.29) is 11.7 Å². The van der Waals surface area contributed by atoms with Gasteiger partial charge in [-0.3, -0.25) is 4.79 Å². The van der Waals surface area contributed by atoms with Gasteiger partial charge in [0.05, 0.1) is 34.1 Å². The first kappa shape index (κ1) is 20.8. The van der Waals surface area contributed by atoms with E-state index in [0.717, 1.165) is 48.6 Å². The van der Waals surface area contributed by atoms with E-state index in [4.69, 9.17) is 5.73 Å². The monoisotopic (exact) mass is 429 g/mol. The minimum Gasteiger partial charge on any atom is -0.384 e. The summed E-state index contributed by atoms with van der Waals surface area (Å²) in [5, 5.41) is 28.3. The summed E-state index contributed by atoms with van der Waals surface area (Å²) in [7, 11) is 0. The summed E-state index contributed by atoms with van der Waals surface area (Å²) < 4.78 is 0. The van der Waals surface area contributed by atoms with Gasteiger partial charge in [0.1, 0.15) is 5.82 Å². The van der Waals surface area contributed by atoms with Gasteiger partial charge in [0.15, 0.2) is 0 Å². The Balaban J connectivity index is 1.55. The first-order valence-corrected chi connectivity index (χ1v) is 11.3. The topological polar surface area (TPSA) is 115 Å². The number of hydrogen-bond donors (Lipinski definition) is 3. The molecule has 0 aromatic heterocycles. The highest BCUT2D eigenvalue weighted by Gasteiger charge is 2.45.